The fraction of sp³-hybridized carbons (Fsp3) is 0.227. The Morgan fingerprint density at radius 3 is 2.47 bits per heavy atom. The Labute approximate surface area is 199 Å². The van der Waals surface area contributed by atoms with Crippen LogP contribution in [0.5, 0.6) is 5.75 Å². The lowest BCUT2D eigenvalue weighted by molar-refractivity contribution is 0.365. The highest BCUT2D eigenvalue weighted by molar-refractivity contribution is 9.11. The first-order valence-electron chi connectivity index (χ1n) is 8.94. The lowest BCUT2D eigenvalue weighted by atomic mass is 9.95. The molecule has 3 aromatic rings. The van der Waals surface area contributed by atoms with Gasteiger partial charge < -0.3 is 4.74 Å². The third kappa shape index (κ3) is 4.85. The van der Waals surface area contributed by atoms with Crippen molar-refractivity contribution in [2.45, 2.75) is 26.2 Å². The van der Waals surface area contributed by atoms with Crippen molar-refractivity contribution in [3.8, 4) is 18.1 Å². The number of terminal acetylenes is 1. The van der Waals surface area contributed by atoms with Crippen molar-refractivity contribution in [3.05, 3.63) is 65.5 Å². The summed E-state index contributed by atoms with van der Waals surface area (Å²) in [7, 11) is 0. The third-order valence-electron chi connectivity index (χ3n) is 4.12. The predicted molar refractivity (Wildman–Crippen MR) is 132 cm³/mol. The minimum Gasteiger partial charge on any atom is -0.479 e. The van der Waals surface area contributed by atoms with E-state index in [9.17, 15) is 4.79 Å². The standard InChI is InChI=1S/C22H18Br3N3O2/c1-5-8-30-19-16(24)9-13(10-17(19)25)12-26-28-20(29)15-11-14(23)6-7-18(15)27-21(28)22(2,3)4/h1,6-7,9-12H,8H2,2-4H3. The van der Waals surface area contributed by atoms with Crippen LogP contribution in [0, 0.1) is 12.3 Å². The van der Waals surface area contributed by atoms with E-state index < -0.39 is 0 Å². The molecule has 154 valence electrons. The Bertz CT molecular complexity index is 1230. The zero-order valence-corrected chi connectivity index (χ0v) is 21.3. The van der Waals surface area contributed by atoms with E-state index in [4.69, 9.17) is 16.1 Å². The summed E-state index contributed by atoms with van der Waals surface area (Å²) < 4.78 is 9.14. The van der Waals surface area contributed by atoms with Crippen LogP contribution in [0.25, 0.3) is 10.9 Å². The molecule has 1 aromatic heterocycles. The number of halogens is 3. The van der Waals surface area contributed by atoms with Crippen LogP contribution >= 0.6 is 47.8 Å². The van der Waals surface area contributed by atoms with Gasteiger partial charge in [-0.3, -0.25) is 4.79 Å². The summed E-state index contributed by atoms with van der Waals surface area (Å²) in [5.41, 5.74) is 0.795. The topological polar surface area (TPSA) is 56.5 Å². The van der Waals surface area contributed by atoms with Crippen LogP contribution in [0.1, 0.15) is 32.2 Å². The van der Waals surface area contributed by atoms with Gasteiger partial charge in [0.1, 0.15) is 18.2 Å². The molecule has 0 fully saturated rings. The highest BCUT2D eigenvalue weighted by Crippen LogP contribution is 2.34. The van der Waals surface area contributed by atoms with Crippen LogP contribution in [0.3, 0.4) is 0 Å². The van der Waals surface area contributed by atoms with Crippen molar-refractivity contribution >= 4 is 64.9 Å². The summed E-state index contributed by atoms with van der Waals surface area (Å²) in [6, 6.07) is 9.13. The third-order valence-corrected chi connectivity index (χ3v) is 5.79. The molecule has 1 heterocycles. The molecule has 0 aliphatic carbocycles. The van der Waals surface area contributed by atoms with Gasteiger partial charge in [-0.2, -0.15) is 9.78 Å². The van der Waals surface area contributed by atoms with Gasteiger partial charge in [-0.05, 0) is 67.8 Å². The summed E-state index contributed by atoms with van der Waals surface area (Å²) >= 11 is 10.4. The maximum absolute atomic E-state index is 13.2. The van der Waals surface area contributed by atoms with Gasteiger partial charge in [0.05, 0.1) is 26.1 Å². The first-order chi connectivity index (χ1) is 14.1. The smallest absolute Gasteiger partial charge is 0.282 e. The summed E-state index contributed by atoms with van der Waals surface area (Å²) in [4.78, 5) is 17.9. The van der Waals surface area contributed by atoms with Crippen molar-refractivity contribution in [2.24, 2.45) is 5.10 Å². The number of hydrogen-bond acceptors (Lipinski definition) is 4. The van der Waals surface area contributed by atoms with Crippen LogP contribution in [-0.4, -0.2) is 22.5 Å². The number of aromatic nitrogens is 2. The first kappa shape index (κ1) is 22.7. The molecule has 8 heteroatoms. The zero-order valence-electron chi connectivity index (χ0n) is 16.5. The van der Waals surface area contributed by atoms with Crippen molar-refractivity contribution in [3.63, 3.8) is 0 Å². The molecule has 0 saturated heterocycles. The van der Waals surface area contributed by atoms with E-state index in [-0.39, 0.29) is 17.6 Å². The molecule has 0 saturated carbocycles. The van der Waals surface area contributed by atoms with E-state index in [1.165, 1.54) is 4.68 Å². The van der Waals surface area contributed by atoms with Gasteiger partial charge in [0, 0.05) is 9.89 Å². The summed E-state index contributed by atoms with van der Waals surface area (Å²) in [5.74, 6) is 3.62. The van der Waals surface area contributed by atoms with Gasteiger partial charge in [-0.1, -0.05) is 42.6 Å². The van der Waals surface area contributed by atoms with E-state index in [1.54, 1.807) is 12.3 Å². The zero-order chi connectivity index (χ0) is 22.1. The van der Waals surface area contributed by atoms with Gasteiger partial charge in [0.2, 0.25) is 0 Å². The average molecular weight is 596 g/mol. The molecule has 5 nitrogen and oxygen atoms in total. The van der Waals surface area contributed by atoms with Crippen molar-refractivity contribution < 1.29 is 4.74 Å². The Morgan fingerprint density at radius 2 is 1.87 bits per heavy atom. The molecule has 0 N–H and O–H groups in total. The van der Waals surface area contributed by atoms with E-state index in [2.05, 4.69) is 58.8 Å². The van der Waals surface area contributed by atoms with Crippen molar-refractivity contribution in [2.75, 3.05) is 6.61 Å². The molecular weight excluding hydrogens is 578 g/mol. The molecule has 0 radical (unpaired) electrons. The van der Waals surface area contributed by atoms with Gasteiger partial charge in [0.15, 0.2) is 0 Å². The van der Waals surface area contributed by atoms with Crippen LogP contribution in [0.4, 0.5) is 0 Å². The minimum atomic E-state index is -0.383. The average Bonchev–Trinajstić information content (AvgIpc) is 2.66. The number of rotatable bonds is 4. The monoisotopic (exact) mass is 593 g/mol. The van der Waals surface area contributed by atoms with E-state index >= 15 is 0 Å². The number of nitrogens with zero attached hydrogens (tertiary/aromatic N) is 3. The van der Waals surface area contributed by atoms with Gasteiger partial charge >= 0.3 is 0 Å². The number of fused-ring (bicyclic) bond motifs is 1. The molecule has 0 unspecified atom stereocenters. The normalized spacial score (nSPS) is 11.8. The van der Waals surface area contributed by atoms with Gasteiger partial charge in [-0.25, -0.2) is 4.98 Å². The molecule has 0 aliphatic rings. The van der Waals surface area contributed by atoms with Crippen LogP contribution in [0.15, 0.2) is 53.6 Å². The lowest BCUT2D eigenvalue weighted by Gasteiger charge is -2.20. The second kappa shape index (κ2) is 9.04. The highest BCUT2D eigenvalue weighted by atomic mass is 79.9. The Hall–Kier alpha value is -1.95. The lowest BCUT2D eigenvalue weighted by Crippen LogP contribution is -2.29. The van der Waals surface area contributed by atoms with Crippen molar-refractivity contribution in [1.29, 1.82) is 0 Å². The van der Waals surface area contributed by atoms with Gasteiger partial charge in [-0.15, -0.1) is 6.42 Å². The molecule has 0 amide bonds. The number of benzene rings is 2. The Morgan fingerprint density at radius 1 is 1.20 bits per heavy atom. The SMILES string of the molecule is C#CCOc1c(Br)cc(C=Nn2c(C(C)(C)C)nc3ccc(Br)cc3c2=O)cc1Br. The Kier molecular flexibility index (Phi) is 6.85. The summed E-state index contributed by atoms with van der Waals surface area (Å²) in [5, 5.41) is 4.98. The second-order valence-corrected chi connectivity index (χ2v) is 10.1. The molecule has 0 aliphatic heterocycles. The Balaban J connectivity index is 2.13. The van der Waals surface area contributed by atoms with E-state index in [0.717, 1.165) is 19.0 Å². The number of ether oxygens (including phenoxy) is 1. The molecule has 0 bridgehead atoms. The fourth-order valence-electron chi connectivity index (χ4n) is 2.77. The summed E-state index contributed by atoms with van der Waals surface area (Å²) in [6.07, 6.45) is 6.88. The molecule has 0 spiro atoms. The summed E-state index contributed by atoms with van der Waals surface area (Å²) in [6.45, 7) is 6.15. The van der Waals surface area contributed by atoms with E-state index in [0.29, 0.717) is 22.5 Å². The molecular formula is C22H18Br3N3O2. The highest BCUT2D eigenvalue weighted by Gasteiger charge is 2.23. The minimum absolute atomic E-state index is 0.160. The molecule has 3 rings (SSSR count). The predicted octanol–water partition coefficient (Wildman–Crippen LogP) is 5.88. The maximum Gasteiger partial charge on any atom is 0.282 e. The van der Waals surface area contributed by atoms with Crippen molar-refractivity contribution in [1.82, 2.24) is 9.66 Å². The van der Waals surface area contributed by atoms with Gasteiger partial charge in [0.25, 0.3) is 5.56 Å². The first-order valence-corrected chi connectivity index (χ1v) is 11.3. The molecule has 2 aromatic carbocycles. The maximum atomic E-state index is 13.2. The number of hydrogen-bond donors (Lipinski definition) is 0. The van der Waals surface area contributed by atoms with E-state index in [1.807, 2.05) is 45.0 Å². The molecule has 30 heavy (non-hydrogen) atoms. The second-order valence-electron chi connectivity index (χ2n) is 7.51. The van der Waals surface area contributed by atoms with Crippen LogP contribution < -0.4 is 10.3 Å². The molecule has 0 atom stereocenters. The largest absolute Gasteiger partial charge is 0.479 e. The quantitative estimate of drug-likeness (QED) is 0.280. The van der Waals surface area contributed by atoms with Crippen LogP contribution in [0.2, 0.25) is 0 Å². The van der Waals surface area contributed by atoms with Crippen LogP contribution in [-0.2, 0) is 5.41 Å². The fourth-order valence-corrected chi connectivity index (χ4v) is 4.58.